The van der Waals surface area contributed by atoms with Crippen LogP contribution in [0.5, 0.6) is 17.2 Å². The van der Waals surface area contributed by atoms with Gasteiger partial charge in [0.05, 0.1) is 6.61 Å². The Morgan fingerprint density at radius 2 is 1.95 bits per heavy atom. The molecule has 0 saturated carbocycles. The van der Waals surface area contributed by atoms with Crippen molar-refractivity contribution in [2.45, 2.75) is 13.5 Å². The van der Waals surface area contributed by atoms with Crippen LogP contribution in [0.4, 0.5) is 5.69 Å². The smallest absolute Gasteiger partial charge is 0.166 e. The summed E-state index contributed by atoms with van der Waals surface area (Å²) in [6, 6.07) is 13.9. The summed E-state index contributed by atoms with van der Waals surface area (Å²) in [6.07, 6.45) is 0. The van der Waals surface area contributed by atoms with Crippen LogP contribution in [0.15, 0.2) is 42.5 Å². The van der Waals surface area contributed by atoms with E-state index in [0.29, 0.717) is 26.4 Å². The summed E-state index contributed by atoms with van der Waals surface area (Å²) < 4.78 is 16.8. The van der Waals surface area contributed by atoms with Gasteiger partial charge in [-0.15, -0.1) is 0 Å². The lowest BCUT2D eigenvalue weighted by Gasteiger charge is -2.21. The van der Waals surface area contributed by atoms with Gasteiger partial charge in [-0.25, -0.2) is 0 Å². The summed E-state index contributed by atoms with van der Waals surface area (Å²) in [5.74, 6) is 2.54. The van der Waals surface area contributed by atoms with Gasteiger partial charge in [-0.2, -0.15) is 0 Å². The number of hydrogen-bond donors (Lipinski definition) is 1. The highest BCUT2D eigenvalue weighted by Gasteiger charge is 2.15. The van der Waals surface area contributed by atoms with E-state index in [4.69, 9.17) is 14.2 Å². The first-order chi connectivity index (χ1) is 10.4. The second-order valence-corrected chi connectivity index (χ2v) is 4.76. The van der Waals surface area contributed by atoms with E-state index in [1.165, 1.54) is 0 Å². The zero-order valence-electron chi connectivity index (χ0n) is 12.1. The Balaban J connectivity index is 1.72. The van der Waals surface area contributed by atoms with Gasteiger partial charge in [0.15, 0.2) is 11.5 Å². The number of benzene rings is 2. The van der Waals surface area contributed by atoms with Gasteiger partial charge in [0.2, 0.25) is 0 Å². The molecule has 4 nitrogen and oxygen atoms in total. The average molecular weight is 285 g/mol. The maximum atomic E-state index is 5.72. The van der Waals surface area contributed by atoms with E-state index in [1.807, 2.05) is 49.4 Å². The van der Waals surface area contributed by atoms with Crippen LogP contribution < -0.4 is 19.5 Å². The van der Waals surface area contributed by atoms with Crippen LogP contribution in [0.25, 0.3) is 0 Å². The minimum Gasteiger partial charge on any atom is -0.494 e. The summed E-state index contributed by atoms with van der Waals surface area (Å²) in [6.45, 7) is 4.54. The van der Waals surface area contributed by atoms with E-state index in [9.17, 15) is 0 Å². The maximum absolute atomic E-state index is 5.72. The Morgan fingerprint density at radius 3 is 2.86 bits per heavy atom. The largest absolute Gasteiger partial charge is 0.494 e. The van der Waals surface area contributed by atoms with Crippen LogP contribution in [-0.2, 0) is 6.54 Å². The molecule has 3 rings (SSSR count). The van der Waals surface area contributed by atoms with Crippen molar-refractivity contribution in [1.29, 1.82) is 0 Å². The average Bonchev–Trinajstić information content (AvgIpc) is 2.53. The molecular weight excluding hydrogens is 266 g/mol. The third-order valence-electron chi connectivity index (χ3n) is 3.28. The Labute approximate surface area is 124 Å². The SMILES string of the molecule is CCOc1cccc(NCc2cccc3c2OCCO3)c1. The third kappa shape index (κ3) is 3.21. The molecule has 0 atom stereocenters. The van der Waals surface area contributed by atoms with Crippen LogP contribution in [0.3, 0.4) is 0 Å². The van der Waals surface area contributed by atoms with Gasteiger partial charge < -0.3 is 19.5 Å². The van der Waals surface area contributed by atoms with Crippen LogP contribution in [0.2, 0.25) is 0 Å². The van der Waals surface area contributed by atoms with Gasteiger partial charge in [0.1, 0.15) is 19.0 Å². The number of anilines is 1. The van der Waals surface area contributed by atoms with Gasteiger partial charge in [-0.1, -0.05) is 18.2 Å². The number of ether oxygens (including phenoxy) is 3. The van der Waals surface area contributed by atoms with E-state index in [0.717, 1.165) is 28.5 Å². The minimum absolute atomic E-state index is 0.601. The molecule has 4 heteroatoms. The van der Waals surface area contributed by atoms with Crippen LogP contribution in [0, 0.1) is 0 Å². The van der Waals surface area contributed by atoms with Crippen molar-refractivity contribution in [2.24, 2.45) is 0 Å². The molecule has 21 heavy (non-hydrogen) atoms. The summed E-state index contributed by atoms with van der Waals surface area (Å²) in [4.78, 5) is 0. The van der Waals surface area contributed by atoms with Crippen molar-refractivity contribution >= 4 is 5.69 Å². The highest BCUT2D eigenvalue weighted by atomic mass is 16.6. The first-order valence-electron chi connectivity index (χ1n) is 7.21. The fourth-order valence-electron chi connectivity index (χ4n) is 2.33. The molecule has 1 aliphatic heterocycles. The van der Waals surface area contributed by atoms with Crippen molar-refractivity contribution in [3.05, 3.63) is 48.0 Å². The predicted octanol–water partition coefficient (Wildman–Crippen LogP) is 3.47. The normalized spacial score (nSPS) is 12.8. The number of fused-ring (bicyclic) bond motifs is 1. The molecule has 1 heterocycles. The summed E-state index contributed by atoms with van der Waals surface area (Å²) in [5, 5.41) is 3.39. The van der Waals surface area contributed by atoms with Crippen molar-refractivity contribution in [3.8, 4) is 17.2 Å². The molecule has 0 radical (unpaired) electrons. The van der Waals surface area contributed by atoms with Gasteiger partial charge in [-0.05, 0) is 25.1 Å². The number of para-hydroxylation sites is 1. The quantitative estimate of drug-likeness (QED) is 0.913. The number of hydrogen-bond acceptors (Lipinski definition) is 4. The molecule has 0 aliphatic carbocycles. The van der Waals surface area contributed by atoms with Crippen molar-refractivity contribution in [2.75, 3.05) is 25.1 Å². The molecule has 0 spiro atoms. The Hall–Kier alpha value is -2.36. The molecule has 0 fully saturated rings. The van der Waals surface area contributed by atoms with E-state index in [-0.39, 0.29) is 0 Å². The first kappa shape index (κ1) is 13.6. The van der Waals surface area contributed by atoms with Crippen LogP contribution >= 0.6 is 0 Å². The zero-order chi connectivity index (χ0) is 14.5. The molecule has 1 aliphatic rings. The second kappa shape index (κ2) is 6.39. The standard InChI is InChI=1S/C17H19NO3/c1-2-19-15-7-4-6-14(11-15)18-12-13-5-3-8-16-17(13)21-10-9-20-16/h3-8,11,18H,2,9-10,12H2,1H3. The Bertz CT molecular complexity index is 613. The van der Waals surface area contributed by atoms with Gasteiger partial charge in [0, 0.05) is 23.9 Å². The number of nitrogens with one attached hydrogen (secondary N) is 1. The summed E-state index contributed by atoms with van der Waals surface area (Å²) >= 11 is 0. The Morgan fingerprint density at radius 1 is 1.10 bits per heavy atom. The highest BCUT2D eigenvalue weighted by Crippen LogP contribution is 2.34. The predicted molar refractivity (Wildman–Crippen MR) is 82.4 cm³/mol. The van der Waals surface area contributed by atoms with Crippen molar-refractivity contribution in [3.63, 3.8) is 0 Å². The lowest BCUT2D eigenvalue weighted by atomic mass is 10.1. The van der Waals surface area contributed by atoms with Crippen LogP contribution in [-0.4, -0.2) is 19.8 Å². The lowest BCUT2D eigenvalue weighted by molar-refractivity contribution is 0.170. The van der Waals surface area contributed by atoms with Gasteiger partial charge in [-0.3, -0.25) is 0 Å². The zero-order valence-corrected chi connectivity index (χ0v) is 12.1. The molecule has 2 aromatic carbocycles. The van der Waals surface area contributed by atoms with E-state index < -0.39 is 0 Å². The molecule has 110 valence electrons. The molecular formula is C17H19NO3. The monoisotopic (exact) mass is 285 g/mol. The number of rotatable bonds is 5. The molecule has 0 amide bonds. The summed E-state index contributed by atoms with van der Waals surface area (Å²) in [5.41, 5.74) is 2.12. The fourth-order valence-corrected chi connectivity index (χ4v) is 2.33. The highest BCUT2D eigenvalue weighted by molar-refractivity contribution is 5.52. The summed E-state index contributed by atoms with van der Waals surface area (Å²) in [7, 11) is 0. The molecule has 0 aromatic heterocycles. The van der Waals surface area contributed by atoms with E-state index in [1.54, 1.807) is 0 Å². The minimum atomic E-state index is 0.601. The van der Waals surface area contributed by atoms with Gasteiger partial charge in [0.25, 0.3) is 0 Å². The molecule has 0 saturated heterocycles. The van der Waals surface area contributed by atoms with E-state index in [2.05, 4.69) is 5.32 Å². The van der Waals surface area contributed by atoms with Gasteiger partial charge >= 0.3 is 0 Å². The lowest BCUT2D eigenvalue weighted by Crippen LogP contribution is -2.17. The molecule has 0 unspecified atom stereocenters. The molecule has 1 N–H and O–H groups in total. The topological polar surface area (TPSA) is 39.7 Å². The van der Waals surface area contributed by atoms with Crippen molar-refractivity contribution < 1.29 is 14.2 Å². The van der Waals surface area contributed by atoms with E-state index >= 15 is 0 Å². The second-order valence-electron chi connectivity index (χ2n) is 4.76. The maximum Gasteiger partial charge on any atom is 0.166 e. The molecule has 0 bridgehead atoms. The molecule has 2 aromatic rings. The third-order valence-corrected chi connectivity index (χ3v) is 3.28. The first-order valence-corrected chi connectivity index (χ1v) is 7.21. The fraction of sp³-hybridized carbons (Fsp3) is 0.294. The van der Waals surface area contributed by atoms with Crippen molar-refractivity contribution in [1.82, 2.24) is 0 Å². The van der Waals surface area contributed by atoms with Crippen LogP contribution in [0.1, 0.15) is 12.5 Å². The Kier molecular flexibility index (Phi) is 4.15.